The van der Waals surface area contributed by atoms with Crippen LogP contribution in [0.1, 0.15) is 29.7 Å². The summed E-state index contributed by atoms with van der Waals surface area (Å²) >= 11 is 0. The summed E-state index contributed by atoms with van der Waals surface area (Å²) in [5.41, 5.74) is 2.07. The normalized spacial score (nSPS) is 17.8. The third-order valence-corrected chi connectivity index (χ3v) is 5.52. The van der Waals surface area contributed by atoms with Gasteiger partial charge in [0.15, 0.2) is 0 Å². The number of aliphatic hydroxyl groups is 1. The maximum absolute atomic E-state index is 13.1. The third kappa shape index (κ3) is 4.62. The predicted molar refractivity (Wildman–Crippen MR) is 123 cm³/mol. The van der Waals surface area contributed by atoms with Gasteiger partial charge in [0, 0.05) is 18.7 Å². The van der Waals surface area contributed by atoms with E-state index in [2.05, 4.69) is 0 Å². The van der Waals surface area contributed by atoms with Gasteiger partial charge in [-0.1, -0.05) is 12.1 Å². The number of aryl methyl sites for hydroxylation is 1. The standard InChI is InChI=1S/C25H30N2O5/c1-6-32-19-11-12-20(16(2)15-19)23(28)21-22(17-7-9-18(31-5)10-8-17)27(14-13-26(3)4)25(30)24(21)29/h7-12,15,22,28H,6,13-14H2,1-5H3/b23-21+. The Kier molecular flexibility index (Phi) is 7.20. The number of Topliss-reactive ketones (excluding diaryl/α,β-unsaturated/α-hetero) is 1. The molecule has 2 aromatic rings. The summed E-state index contributed by atoms with van der Waals surface area (Å²) in [6.07, 6.45) is 0. The summed E-state index contributed by atoms with van der Waals surface area (Å²) < 4.78 is 10.8. The highest BCUT2D eigenvalue weighted by atomic mass is 16.5. The molecule has 1 heterocycles. The number of ether oxygens (including phenoxy) is 2. The molecule has 1 fully saturated rings. The number of carbonyl (C=O) groups is 2. The van der Waals surface area contributed by atoms with Crippen molar-refractivity contribution < 1.29 is 24.2 Å². The Labute approximate surface area is 188 Å². The maximum Gasteiger partial charge on any atom is 0.295 e. The summed E-state index contributed by atoms with van der Waals surface area (Å²) in [5.74, 6) is -0.133. The second-order valence-corrected chi connectivity index (χ2v) is 7.98. The molecule has 2 aromatic carbocycles. The van der Waals surface area contributed by atoms with Crippen LogP contribution in [-0.4, -0.2) is 67.5 Å². The summed E-state index contributed by atoms with van der Waals surface area (Å²) in [5, 5.41) is 11.2. The molecular formula is C25H30N2O5. The van der Waals surface area contributed by atoms with E-state index in [1.165, 1.54) is 4.90 Å². The molecule has 1 atom stereocenters. The number of aliphatic hydroxyl groups excluding tert-OH is 1. The first-order valence-corrected chi connectivity index (χ1v) is 10.6. The number of rotatable bonds is 8. The molecule has 1 amide bonds. The van der Waals surface area contributed by atoms with Crippen molar-refractivity contribution in [3.63, 3.8) is 0 Å². The molecular weight excluding hydrogens is 408 g/mol. The Morgan fingerprint density at radius 3 is 2.31 bits per heavy atom. The van der Waals surface area contributed by atoms with Crippen LogP contribution in [0.25, 0.3) is 5.76 Å². The van der Waals surface area contributed by atoms with Crippen molar-refractivity contribution >= 4 is 17.4 Å². The van der Waals surface area contributed by atoms with Crippen molar-refractivity contribution in [2.24, 2.45) is 0 Å². The average Bonchev–Trinajstić information content (AvgIpc) is 3.02. The van der Waals surface area contributed by atoms with Gasteiger partial charge in [0.2, 0.25) is 0 Å². The largest absolute Gasteiger partial charge is 0.507 e. The molecule has 1 N–H and O–H groups in total. The minimum atomic E-state index is -0.688. The van der Waals surface area contributed by atoms with Gasteiger partial charge in [-0.15, -0.1) is 0 Å². The van der Waals surface area contributed by atoms with Gasteiger partial charge < -0.3 is 24.4 Å². The summed E-state index contributed by atoms with van der Waals surface area (Å²) in [6.45, 7) is 5.20. The van der Waals surface area contributed by atoms with Gasteiger partial charge in [0.1, 0.15) is 17.3 Å². The molecule has 3 rings (SSSR count). The van der Waals surface area contributed by atoms with Crippen LogP contribution in [0.3, 0.4) is 0 Å². The highest BCUT2D eigenvalue weighted by Crippen LogP contribution is 2.40. The van der Waals surface area contributed by atoms with Crippen molar-refractivity contribution in [3.05, 3.63) is 64.7 Å². The zero-order chi connectivity index (χ0) is 23.4. The minimum absolute atomic E-state index is 0.0891. The van der Waals surface area contributed by atoms with Crippen molar-refractivity contribution in [2.75, 3.05) is 40.9 Å². The Morgan fingerprint density at radius 2 is 1.75 bits per heavy atom. The van der Waals surface area contributed by atoms with Crippen LogP contribution < -0.4 is 9.47 Å². The van der Waals surface area contributed by atoms with Gasteiger partial charge in [-0.05, 0) is 69.4 Å². The predicted octanol–water partition coefficient (Wildman–Crippen LogP) is 3.39. The van der Waals surface area contributed by atoms with E-state index in [4.69, 9.17) is 9.47 Å². The molecule has 1 aliphatic rings. The summed E-state index contributed by atoms with van der Waals surface area (Å²) in [4.78, 5) is 29.5. The van der Waals surface area contributed by atoms with Gasteiger partial charge in [-0.3, -0.25) is 9.59 Å². The topological polar surface area (TPSA) is 79.3 Å². The lowest BCUT2D eigenvalue weighted by molar-refractivity contribution is -0.140. The maximum atomic E-state index is 13.1. The molecule has 1 unspecified atom stereocenters. The fourth-order valence-corrected chi connectivity index (χ4v) is 3.85. The molecule has 0 saturated carbocycles. The van der Waals surface area contributed by atoms with Gasteiger partial charge in [-0.2, -0.15) is 0 Å². The number of likely N-dealkylation sites (N-methyl/N-ethyl adjacent to an activating group) is 1. The van der Waals surface area contributed by atoms with Gasteiger partial charge >= 0.3 is 0 Å². The number of likely N-dealkylation sites (tertiary alicyclic amines) is 1. The lowest BCUT2D eigenvalue weighted by atomic mass is 9.94. The lowest BCUT2D eigenvalue weighted by Crippen LogP contribution is -2.35. The highest BCUT2D eigenvalue weighted by molar-refractivity contribution is 6.46. The first kappa shape index (κ1) is 23.3. The minimum Gasteiger partial charge on any atom is -0.507 e. The van der Waals surface area contributed by atoms with E-state index in [0.29, 0.717) is 36.8 Å². The Bertz CT molecular complexity index is 1030. The molecule has 7 nitrogen and oxygen atoms in total. The first-order valence-electron chi connectivity index (χ1n) is 10.6. The molecule has 1 saturated heterocycles. The van der Waals surface area contributed by atoms with Crippen LogP contribution in [0, 0.1) is 6.92 Å². The quantitative estimate of drug-likeness (QED) is 0.387. The molecule has 170 valence electrons. The van der Waals surface area contributed by atoms with Gasteiger partial charge in [-0.25, -0.2) is 0 Å². The van der Waals surface area contributed by atoms with E-state index >= 15 is 0 Å². The fraction of sp³-hybridized carbons (Fsp3) is 0.360. The van der Waals surface area contributed by atoms with Crippen LogP contribution in [0.5, 0.6) is 11.5 Å². The van der Waals surface area contributed by atoms with E-state index in [9.17, 15) is 14.7 Å². The van der Waals surface area contributed by atoms with Crippen molar-refractivity contribution in [3.8, 4) is 11.5 Å². The molecule has 0 aliphatic carbocycles. The Morgan fingerprint density at radius 1 is 1.09 bits per heavy atom. The van der Waals surface area contributed by atoms with Crippen molar-refractivity contribution in [2.45, 2.75) is 19.9 Å². The van der Waals surface area contributed by atoms with E-state index in [1.807, 2.05) is 51.0 Å². The molecule has 32 heavy (non-hydrogen) atoms. The smallest absolute Gasteiger partial charge is 0.295 e. The first-order chi connectivity index (χ1) is 15.3. The molecule has 0 spiro atoms. The second-order valence-electron chi connectivity index (χ2n) is 7.98. The zero-order valence-corrected chi connectivity index (χ0v) is 19.2. The number of hydrogen-bond acceptors (Lipinski definition) is 6. The molecule has 0 aromatic heterocycles. The van der Waals surface area contributed by atoms with E-state index in [1.54, 1.807) is 31.4 Å². The van der Waals surface area contributed by atoms with Crippen LogP contribution in [-0.2, 0) is 9.59 Å². The Balaban J connectivity index is 2.13. The average molecular weight is 439 g/mol. The van der Waals surface area contributed by atoms with E-state index in [0.717, 1.165) is 11.1 Å². The number of amides is 1. The molecule has 0 bridgehead atoms. The van der Waals surface area contributed by atoms with Crippen molar-refractivity contribution in [1.82, 2.24) is 9.80 Å². The number of carbonyl (C=O) groups excluding carboxylic acids is 2. The lowest BCUT2D eigenvalue weighted by Gasteiger charge is -2.26. The van der Waals surface area contributed by atoms with Crippen LogP contribution in [0.2, 0.25) is 0 Å². The fourth-order valence-electron chi connectivity index (χ4n) is 3.85. The second kappa shape index (κ2) is 9.87. The van der Waals surface area contributed by atoms with Crippen LogP contribution in [0.15, 0.2) is 48.0 Å². The number of methoxy groups -OCH3 is 1. The van der Waals surface area contributed by atoms with Gasteiger partial charge in [0.25, 0.3) is 11.7 Å². The highest BCUT2D eigenvalue weighted by Gasteiger charge is 2.46. The number of ketones is 1. The molecule has 0 radical (unpaired) electrons. The van der Waals surface area contributed by atoms with E-state index in [-0.39, 0.29) is 11.3 Å². The third-order valence-electron chi connectivity index (χ3n) is 5.52. The number of benzene rings is 2. The van der Waals surface area contributed by atoms with Crippen LogP contribution >= 0.6 is 0 Å². The Hall–Kier alpha value is -3.32. The van der Waals surface area contributed by atoms with Crippen molar-refractivity contribution in [1.29, 1.82) is 0 Å². The SMILES string of the molecule is CCOc1ccc(/C(O)=C2\C(=O)C(=O)N(CCN(C)C)C2c2ccc(OC)cc2)c(C)c1. The monoisotopic (exact) mass is 438 g/mol. The molecule has 1 aliphatic heterocycles. The molecule has 7 heteroatoms. The number of nitrogens with zero attached hydrogens (tertiary/aromatic N) is 2. The number of hydrogen-bond donors (Lipinski definition) is 1. The summed E-state index contributed by atoms with van der Waals surface area (Å²) in [6, 6.07) is 11.8. The van der Waals surface area contributed by atoms with Crippen LogP contribution in [0.4, 0.5) is 0 Å². The zero-order valence-electron chi connectivity index (χ0n) is 19.2. The van der Waals surface area contributed by atoms with Gasteiger partial charge in [0.05, 0.1) is 25.3 Å². The van der Waals surface area contributed by atoms with E-state index < -0.39 is 17.7 Å². The summed E-state index contributed by atoms with van der Waals surface area (Å²) in [7, 11) is 5.39.